The second kappa shape index (κ2) is 15.2. The number of likely N-dealkylation sites (N-methyl/N-ethyl adjacent to an activating group) is 1. The van der Waals surface area contributed by atoms with E-state index in [0.29, 0.717) is 24.2 Å². The Balaban J connectivity index is 1.97. The number of nitriles is 1. The van der Waals surface area contributed by atoms with Crippen LogP contribution in [0.15, 0.2) is 78.4 Å². The average molecular weight is 574 g/mol. The molecule has 0 aromatic heterocycles. The van der Waals surface area contributed by atoms with E-state index in [1.54, 1.807) is 80.6 Å². The van der Waals surface area contributed by atoms with Crippen LogP contribution in [0.5, 0.6) is 11.5 Å². The standard InChI is InChI=1S/C30H27N3O9/c1-3-32(4-2)28(34)24(18-31)15-23-16-25(33(37)38)27(42-30(36)40-20-22-13-9-6-10-14-22)26(17-23)41-29(35)39-19-21-11-7-5-8-12-21/h5-17H,3-4,19-20H2,1-2H3. The predicted molar refractivity (Wildman–Crippen MR) is 149 cm³/mol. The quantitative estimate of drug-likeness (QED) is 0.0685. The summed E-state index contributed by atoms with van der Waals surface area (Å²) in [6, 6.07) is 21.1. The Kier molecular flexibility index (Phi) is 11.1. The SMILES string of the molecule is CCN(CC)C(=O)C(C#N)=Cc1cc(OC(=O)OCc2ccccc2)c(OC(=O)OCc2ccccc2)c([N+](=O)[O-])c1. The maximum atomic E-state index is 12.8. The molecule has 0 N–H and O–H groups in total. The van der Waals surface area contributed by atoms with Gasteiger partial charge in [0, 0.05) is 19.2 Å². The normalized spacial score (nSPS) is 10.6. The number of carbonyl (C=O) groups is 3. The van der Waals surface area contributed by atoms with Crippen LogP contribution in [0.3, 0.4) is 0 Å². The van der Waals surface area contributed by atoms with Crippen molar-refractivity contribution in [2.75, 3.05) is 13.1 Å². The molecule has 0 spiro atoms. The van der Waals surface area contributed by atoms with E-state index in [-0.39, 0.29) is 24.4 Å². The second-order valence-corrected chi connectivity index (χ2v) is 8.52. The van der Waals surface area contributed by atoms with Crippen molar-refractivity contribution in [2.45, 2.75) is 27.1 Å². The number of carbonyl (C=O) groups excluding carboxylic acids is 3. The van der Waals surface area contributed by atoms with E-state index < -0.39 is 40.3 Å². The maximum Gasteiger partial charge on any atom is 0.514 e. The van der Waals surface area contributed by atoms with Crippen LogP contribution in [0.25, 0.3) is 6.08 Å². The maximum absolute atomic E-state index is 12.8. The zero-order chi connectivity index (χ0) is 30.5. The molecule has 42 heavy (non-hydrogen) atoms. The number of ether oxygens (including phenoxy) is 4. The third kappa shape index (κ3) is 8.65. The van der Waals surface area contributed by atoms with Gasteiger partial charge in [-0.25, -0.2) is 9.59 Å². The van der Waals surface area contributed by atoms with Gasteiger partial charge in [0.25, 0.3) is 11.7 Å². The van der Waals surface area contributed by atoms with Gasteiger partial charge in [0.1, 0.15) is 24.9 Å². The topological polar surface area (TPSA) is 158 Å². The van der Waals surface area contributed by atoms with Crippen LogP contribution in [0.4, 0.5) is 15.3 Å². The van der Waals surface area contributed by atoms with Crippen molar-refractivity contribution < 1.29 is 38.3 Å². The highest BCUT2D eigenvalue weighted by Crippen LogP contribution is 2.40. The summed E-state index contributed by atoms with van der Waals surface area (Å²) in [5.41, 5.74) is 0.119. The number of nitro benzene ring substituents is 1. The van der Waals surface area contributed by atoms with E-state index in [9.17, 15) is 29.8 Å². The van der Waals surface area contributed by atoms with Gasteiger partial charge in [-0.05, 0) is 42.7 Å². The molecule has 0 aliphatic rings. The zero-order valence-corrected chi connectivity index (χ0v) is 22.8. The van der Waals surface area contributed by atoms with Crippen molar-refractivity contribution in [1.82, 2.24) is 4.90 Å². The largest absolute Gasteiger partial charge is 0.514 e. The molecule has 3 rings (SSSR count). The molecule has 216 valence electrons. The molecule has 0 atom stereocenters. The molecule has 0 saturated heterocycles. The molecule has 0 bridgehead atoms. The Morgan fingerprint density at radius 2 is 1.40 bits per heavy atom. The Morgan fingerprint density at radius 3 is 1.88 bits per heavy atom. The third-order valence-corrected chi connectivity index (χ3v) is 5.74. The van der Waals surface area contributed by atoms with Crippen LogP contribution in [-0.2, 0) is 27.5 Å². The van der Waals surface area contributed by atoms with Crippen molar-refractivity contribution in [2.24, 2.45) is 0 Å². The molecule has 0 radical (unpaired) electrons. The molecule has 0 heterocycles. The molecule has 3 aromatic carbocycles. The van der Waals surface area contributed by atoms with Crippen LogP contribution < -0.4 is 9.47 Å². The van der Waals surface area contributed by atoms with Gasteiger partial charge in [0.15, 0.2) is 5.75 Å². The van der Waals surface area contributed by atoms with E-state index in [2.05, 4.69) is 0 Å². The van der Waals surface area contributed by atoms with Crippen LogP contribution in [0, 0.1) is 21.4 Å². The lowest BCUT2D eigenvalue weighted by atomic mass is 10.1. The van der Waals surface area contributed by atoms with Gasteiger partial charge in [-0.1, -0.05) is 60.7 Å². The Morgan fingerprint density at radius 1 is 0.881 bits per heavy atom. The molecule has 0 saturated carbocycles. The first-order valence-electron chi connectivity index (χ1n) is 12.8. The molecule has 0 unspecified atom stereocenters. The van der Waals surface area contributed by atoms with Crippen molar-refractivity contribution in [3.8, 4) is 17.6 Å². The van der Waals surface area contributed by atoms with E-state index in [4.69, 9.17) is 18.9 Å². The molecular weight excluding hydrogens is 546 g/mol. The summed E-state index contributed by atoms with van der Waals surface area (Å²) in [7, 11) is 0. The Bertz CT molecular complexity index is 1500. The second-order valence-electron chi connectivity index (χ2n) is 8.52. The van der Waals surface area contributed by atoms with Crippen molar-refractivity contribution >= 4 is 30.0 Å². The lowest BCUT2D eigenvalue weighted by Gasteiger charge is -2.17. The molecule has 12 heteroatoms. The number of hydrogen-bond donors (Lipinski definition) is 0. The summed E-state index contributed by atoms with van der Waals surface area (Å²) in [4.78, 5) is 50.4. The fourth-order valence-corrected chi connectivity index (χ4v) is 3.66. The van der Waals surface area contributed by atoms with Gasteiger partial charge in [-0.15, -0.1) is 0 Å². The van der Waals surface area contributed by atoms with Crippen molar-refractivity contribution in [1.29, 1.82) is 5.26 Å². The van der Waals surface area contributed by atoms with Crippen molar-refractivity contribution in [3.63, 3.8) is 0 Å². The number of nitrogens with zero attached hydrogens (tertiary/aromatic N) is 3. The summed E-state index contributed by atoms with van der Waals surface area (Å²) < 4.78 is 20.5. The van der Waals surface area contributed by atoms with Gasteiger partial charge in [-0.2, -0.15) is 5.26 Å². The Labute approximate surface area is 241 Å². The van der Waals surface area contributed by atoms with E-state index in [1.807, 2.05) is 0 Å². The van der Waals surface area contributed by atoms with Gasteiger partial charge < -0.3 is 23.8 Å². The minimum absolute atomic E-state index is 0.0466. The average Bonchev–Trinajstić information content (AvgIpc) is 3.00. The van der Waals surface area contributed by atoms with Crippen LogP contribution in [0.1, 0.15) is 30.5 Å². The van der Waals surface area contributed by atoms with Crippen LogP contribution >= 0.6 is 0 Å². The van der Waals surface area contributed by atoms with E-state index in [1.165, 1.54) is 4.90 Å². The molecule has 0 fully saturated rings. The Hall–Kier alpha value is -5.70. The predicted octanol–water partition coefficient (Wildman–Crippen LogP) is 5.80. The highest BCUT2D eigenvalue weighted by atomic mass is 16.7. The summed E-state index contributed by atoms with van der Waals surface area (Å²) >= 11 is 0. The summed E-state index contributed by atoms with van der Waals surface area (Å²) in [6.07, 6.45) is -1.45. The fourth-order valence-electron chi connectivity index (χ4n) is 3.66. The fraction of sp³-hybridized carbons (Fsp3) is 0.200. The van der Waals surface area contributed by atoms with E-state index in [0.717, 1.165) is 18.2 Å². The van der Waals surface area contributed by atoms with Gasteiger partial charge in [-0.3, -0.25) is 14.9 Å². The van der Waals surface area contributed by atoms with E-state index >= 15 is 0 Å². The van der Waals surface area contributed by atoms with Gasteiger partial charge in [0.05, 0.1) is 4.92 Å². The van der Waals surface area contributed by atoms with Crippen LogP contribution in [-0.4, -0.2) is 41.1 Å². The van der Waals surface area contributed by atoms with Crippen LogP contribution in [0.2, 0.25) is 0 Å². The molecule has 0 aliphatic carbocycles. The summed E-state index contributed by atoms with van der Waals surface area (Å²) in [6.45, 7) is 3.76. The third-order valence-electron chi connectivity index (χ3n) is 5.74. The molecule has 12 nitrogen and oxygen atoms in total. The number of nitro groups is 1. The number of benzene rings is 3. The van der Waals surface area contributed by atoms with Gasteiger partial charge in [0.2, 0.25) is 0 Å². The first kappa shape index (κ1) is 30.8. The summed E-state index contributed by atoms with van der Waals surface area (Å²) in [5.74, 6) is -1.90. The smallest absolute Gasteiger partial charge is 0.429 e. The molecule has 3 aromatic rings. The monoisotopic (exact) mass is 573 g/mol. The highest BCUT2D eigenvalue weighted by Gasteiger charge is 2.28. The number of amides is 1. The summed E-state index contributed by atoms with van der Waals surface area (Å²) in [5, 5.41) is 21.6. The van der Waals surface area contributed by atoms with Crippen molar-refractivity contribution in [3.05, 3.63) is 105 Å². The minimum atomic E-state index is -1.30. The zero-order valence-electron chi connectivity index (χ0n) is 22.8. The lowest BCUT2D eigenvalue weighted by Crippen LogP contribution is -2.31. The minimum Gasteiger partial charge on any atom is -0.429 e. The highest BCUT2D eigenvalue weighted by molar-refractivity contribution is 6.01. The lowest BCUT2D eigenvalue weighted by molar-refractivity contribution is -0.385. The number of hydrogen-bond acceptors (Lipinski definition) is 10. The first-order chi connectivity index (χ1) is 20.2. The molecule has 1 amide bonds. The molecular formula is C30H27N3O9. The van der Waals surface area contributed by atoms with Gasteiger partial charge >= 0.3 is 18.0 Å². The molecule has 0 aliphatic heterocycles. The first-order valence-corrected chi connectivity index (χ1v) is 12.8. The number of rotatable bonds is 11.